The van der Waals surface area contributed by atoms with Crippen LogP contribution >= 0.6 is 0 Å². The van der Waals surface area contributed by atoms with Gasteiger partial charge >= 0.3 is 6.09 Å². The Balaban J connectivity index is 3.40. The van der Waals surface area contributed by atoms with Crippen LogP contribution in [0.25, 0.3) is 0 Å². The van der Waals surface area contributed by atoms with Crippen LogP contribution in [0.5, 0.6) is 0 Å². The third-order valence-corrected chi connectivity index (χ3v) is 5.26. The van der Waals surface area contributed by atoms with Gasteiger partial charge < -0.3 is 20.3 Å². The Bertz CT molecular complexity index is 848. The van der Waals surface area contributed by atoms with E-state index in [-0.39, 0.29) is 11.8 Å². The number of ether oxygens (including phenoxy) is 1. The Morgan fingerprint density at radius 1 is 0.943 bits per heavy atom. The maximum Gasteiger partial charge on any atom is 0.408 e. The normalized spacial score (nSPS) is 13.5. The maximum absolute atomic E-state index is 13.7. The van der Waals surface area contributed by atoms with Crippen molar-refractivity contribution in [1.29, 1.82) is 0 Å². The molecule has 0 aliphatic carbocycles. The van der Waals surface area contributed by atoms with Crippen molar-refractivity contribution in [2.45, 2.75) is 118 Å². The molecule has 1 aromatic rings. The fourth-order valence-electron chi connectivity index (χ4n) is 3.95. The molecule has 1 rings (SSSR count). The number of aryl methyl sites for hydroxylation is 2. The van der Waals surface area contributed by atoms with E-state index in [4.69, 9.17) is 4.74 Å². The van der Waals surface area contributed by atoms with E-state index in [0.29, 0.717) is 6.54 Å². The van der Waals surface area contributed by atoms with Gasteiger partial charge in [0.25, 0.3) is 0 Å². The van der Waals surface area contributed by atoms with Gasteiger partial charge in [0.05, 0.1) is 0 Å². The van der Waals surface area contributed by atoms with E-state index in [1.54, 1.807) is 32.6 Å². The van der Waals surface area contributed by atoms with Gasteiger partial charge in [0.2, 0.25) is 11.8 Å². The van der Waals surface area contributed by atoms with Crippen LogP contribution in [0.2, 0.25) is 0 Å². The van der Waals surface area contributed by atoms with Gasteiger partial charge in [0, 0.05) is 12.1 Å². The molecule has 7 heteroatoms. The van der Waals surface area contributed by atoms with E-state index in [1.807, 2.05) is 52.8 Å². The summed E-state index contributed by atoms with van der Waals surface area (Å²) in [5, 5.41) is 5.71. The summed E-state index contributed by atoms with van der Waals surface area (Å²) in [4.78, 5) is 41.4. The number of carbonyl (C=O) groups excluding carboxylic acids is 3. The topological polar surface area (TPSA) is 87.7 Å². The first-order chi connectivity index (χ1) is 16.0. The lowest BCUT2D eigenvalue weighted by atomic mass is 9.97. The average Bonchev–Trinajstić information content (AvgIpc) is 2.65. The molecule has 0 aromatic heterocycles. The zero-order valence-corrected chi connectivity index (χ0v) is 23.5. The fraction of sp³-hybridized carbons (Fsp3) is 0.679. The standard InChI is InChI=1S/C28H47N3O4/c1-11-12-13-14-15-31(25(33)21(4)29-26(34)35-28(8,9)10)23(24(32)30-27(5,6)7)22-17-19(2)16-20(3)18-22/h16-18,21,23H,11-15H2,1-10H3,(H,29,34)(H,30,32). The van der Waals surface area contributed by atoms with Crippen molar-refractivity contribution in [1.82, 2.24) is 15.5 Å². The van der Waals surface area contributed by atoms with Crippen molar-refractivity contribution < 1.29 is 19.1 Å². The fourth-order valence-corrected chi connectivity index (χ4v) is 3.95. The lowest BCUT2D eigenvalue weighted by Gasteiger charge is -2.35. The molecule has 0 heterocycles. The van der Waals surface area contributed by atoms with Crippen molar-refractivity contribution >= 4 is 17.9 Å². The van der Waals surface area contributed by atoms with Gasteiger partial charge in [-0.25, -0.2) is 4.79 Å². The van der Waals surface area contributed by atoms with Crippen LogP contribution < -0.4 is 10.6 Å². The van der Waals surface area contributed by atoms with Crippen LogP contribution in [0.1, 0.15) is 104 Å². The first-order valence-corrected chi connectivity index (χ1v) is 12.7. The SMILES string of the molecule is CCCCCCN(C(=O)C(C)NC(=O)OC(C)(C)C)C(C(=O)NC(C)(C)C)c1cc(C)cc(C)c1. The highest BCUT2D eigenvalue weighted by Crippen LogP contribution is 2.26. The summed E-state index contributed by atoms with van der Waals surface area (Å²) < 4.78 is 5.34. The summed E-state index contributed by atoms with van der Waals surface area (Å²) in [6.45, 7) is 19.2. The van der Waals surface area contributed by atoms with E-state index in [0.717, 1.165) is 42.4 Å². The lowest BCUT2D eigenvalue weighted by Crippen LogP contribution is -2.54. The minimum absolute atomic E-state index is 0.240. The van der Waals surface area contributed by atoms with Gasteiger partial charge in [0.1, 0.15) is 17.7 Å². The van der Waals surface area contributed by atoms with Gasteiger partial charge in [0.15, 0.2) is 0 Å². The summed E-state index contributed by atoms with van der Waals surface area (Å²) in [6.07, 6.45) is 3.18. The van der Waals surface area contributed by atoms with Crippen LogP contribution in [-0.4, -0.2) is 46.5 Å². The molecule has 198 valence electrons. The Morgan fingerprint density at radius 3 is 2.00 bits per heavy atom. The number of amides is 3. The number of alkyl carbamates (subject to hydrolysis) is 1. The molecule has 0 saturated carbocycles. The summed E-state index contributed by atoms with van der Waals surface area (Å²) >= 11 is 0. The molecule has 0 aliphatic rings. The van der Waals surface area contributed by atoms with Gasteiger partial charge in [-0.1, -0.05) is 55.5 Å². The summed E-state index contributed by atoms with van der Waals surface area (Å²) in [7, 11) is 0. The zero-order chi connectivity index (χ0) is 27.0. The molecule has 2 atom stereocenters. The highest BCUT2D eigenvalue weighted by atomic mass is 16.6. The maximum atomic E-state index is 13.7. The molecule has 0 aliphatic heterocycles. The molecule has 2 N–H and O–H groups in total. The molecule has 3 amide bonds. The first kappa shape index (κ1) is 30.5. The number of hydrogen-bond acceptors (Lipinski definition) is 4. The number of rotatable bonds is 10. The molecule has 1 aromatic carbocycles. The largest absolute Gasteiger partial charge is 0.444 e. The van der Waals surface area contributed by atoms with E-state index >= 15 is 0 Å². The van der Waals surface area contributed by atoms with Crippen molar-refractivity contribution in [3.05, 3.63) is 34.9 Å². The molecule has 0 bridgehead atoms. The lowest BCUT2D eigenvalue weighted by molar-refractivity contribution is -0.142. The number of benzene rings is 1. The van der Waals surface area contributed by atoms with Crippen LogP contribution in [0.4, 0.5) is 4.79 Å². The van der Waals surface area contributed by atoms with Crippen LogP contribution in [0.3, 0.4) is 0 Å². The number of carbonyl (C=O) groups is 3. The molecule has 0 radical (unpaired) electrons. The minimum Gasteiger partial charge on any atom is -0.444 e. The number of nitrogens with one attached hydrogen (secondary N) is 2. The Hall–Kier alpha value is -2.57. The van der Waals surface area contributed by atoms with Crippen LogP contribution in [0.15, 0.2) is 18.2 Å². The van der Waals surface area contributed by atoms with Gasteiger partial charge in [-0.3, -0.25) is 9.59 Å². The average molecular weight is 490 g/mol. The number of unbranched alkanes of at least 4 members (excludes halogenated alkanes) is 3. The quantitative estimate of drug-likeness (QED) is 0.420. The highest BCUT2D eigenvalue weighted by Gasteiger charge is 2.35. The van der Waals surface area contributed by atoms with Crippen molar-refractivity contribution in [2.75, 3.05) is 6.54 Å². The summed E-state index contributed by atoms with van der Waals surface area (Å²) in [5.74, 6) is -0.559. The third kappa shape index (κ3) is 11.1. The van der Waals surface area contributed by atoms with Gasteiger partial charge in [-0.15, -0.1) is 0 Å². The van der Waals surface area contributed by atoms with Crippen molar-refractivity contribution in [3.63, 3.8) is 0 Å². The second kappa shape index (κ2) is 12.9. The smallest absolute Gasteiger partial charge is 0.408 e. The minimum atomic E-state index is -0.855. The number of nitrogens with zero attached hydrogens (tertiary/aromatic N) is 1. The van der Waals surface area contributed by atoms with E-state index < -0.39 is 29.3 Å². The number of hydrogen-bond donors (Lipinski definition) is 2. The van der Waals surface area contributed by atoms with Gasteiger partial charge in [-0.05, 0) is 74.3 Å². The third-order valence-electron chi connectivity index (χ3n) is 5.26. The molecule has 2 unspecified atom stereocenters. The van der Waals surface area contributed by atoms with E-state index in [9.17, 15) is 14.4 Å². The summed E-state index contributed by atoms with van der Waals surface area (Å²) in [6, 6.07) is 4.29. The van der Waals surface area contributed by atoms with Crippen molar-refractivity contribution in [2.24, 2.45) is 0 Å². The van der Waals surface area contributed by atoms with E-state index in [1.165, 1.54) is 0 Å². The predicted molar refractivity (Wildman–Crippen MR) is 141 cm³/mol. The predicted octanol–water partition coefficient (Wildman–Crippen LogP) is 5.58. The zero-order valence-electron chi connectivity index (χ0n) is 23.5. The summed E-state index contributed by atoms with van der Waals surface area (Å²) in [5.41, 5.74) is 1.66. The highest BCUT2D eigenvalue weighted by molar-refractivity contribution is 5.92. The monoisotopic (exact) mass is 489 g/mol. The molecule has 35 heavy (non-hydrogen) atoms. The molecular weight excluding hydrogens is 442 g/mol. The molecule has 0 fully saturated rings. The molecular formula is C28H47N3O4. The molecule has 0 spiro atoms. The Labute approximate surface area is 212 Å². The van der Waals surface area contributed by atoms with Crippen LogP contribution in [0, 0.1) is 13.8 Å². The first-order valence-electron chi connectivity index (χ1n) is 12.7. The Kier molecular flexibility index (Phi) is 11.3. The molecule has 7 nitrogen and oxygen atoms in total. The second-order valence-corrected chi connectivity index (χ2v) is 11.5. The van der Waals surface area contributed by atoms with Crippen LogP contribution in [-0.2, 0) is 14.3 Å². The molecule has 0 saturated heterocycles. The second-order valence-electron chi connectivity index (χ2n) is 11.5. The van der Waals surface area contributed by atoms with Gasteiger partial charge in [-0.2, -0.15) is 0 Å². The Morgan fingerprint density at radius 2 is 1.51 bits per heavy atom. The van der Waals surface area contributed by atoms with Crippen molar-refractivity contribution in [3.8, 4) is 0 Å². The van der Waals surface area contributed by atoms with E-state index in [2.05, 4.69) is 17.6 Å².